The predicted octanol–water partition coefficient (Wildman–Crippen LogP) is 1.41. The van der Waals surface area contributed by atoms with Crippen LogP contribution in [0.3, 0.4) is 0 Å². The SMILES string of the molecule is Cc1cn(C2CC2)c(=O)n(C(C)(C)C)c1=O. The highest BCUT2D eigenvalue weighted by atomic mass is 16.2. The molecule has 0 atom stereocenters. The van der Waals surface area contributed by atoms with Gasteiger partial charge in [0.1, 0.15) is 0 Å². The molecule has 0 aromatic carbocycles. The number of rotatable bonds is 1. The van der Waals surface area contributed by atoms with Crippen molar-refractivity contribution in [2.24, 2.45) is 0 Å². The molecule has 0 spiro atoms. The maximum atomic E-state index is 12.2. The van der Waals surface area contributed by atoms with Crippen molar-refractivity contribution in [3.8, 4) is 0 Å². The second-order valence-electron chi connectivity index (χ2n) is 5.54. The smallest absolute Gasteiger partial charge is 0.297 e. The fourth-order valence-electron chi connectivity index (χ4n) is 1.90. The average molecular weight is 222 g/mol. The second kappa shape index (κ2) is 3.34. The Hall–Kier alpha value is -1.32. The molecule has 1 heterocycles. The molecule has 1 aromatic rings. The van der Waals surface area contributed by atoms with Crippen molar-refractivity contribution in [2.45, 2.75) is 52.1 Å². The standard InChI is InChI=1S/C12H18N2O2/c1-8-7-13(9-5-6-9)11(16)14(10(8)15)12(2,3)4/h7,9H,5-6H2,1-4H3. The van der Waals surface area contributed by atoms with Gasteiger partial charge in [-0.1, -0.05) is 0 Å². The summed E-state index contributed by atoms with van der Waals surface area (Å²) < 4.78 is 3.07. The van der Waals surface area contributed by atoms with Gasteiger partial charge in [0, 0.05) is 23.3 Å². The Bertz CT molecular complexity index is 527. The molecule has 1 aliphatic carbocycles. The third-order valence-corrected chi connectivity index (χ3v) is 2.90. The van der Waals surface area contributed by atoms with Gasteiger partial charge in [0.2, 0.25) is 0 Å². The third-order valence-electron chi connectivity index (χ3n) is 2.90. The zero-order valence-corrected chi connectivity index (χ0v) is 10.3. The van der Waals surface area contributed by atoms with E-state index in [9.17, 15) is 9.59 Å². The lowest BCUT2D eigenvalue weighted by atomic mass is 10.1. The molecule has 0 aliphatic heterocycles. The number of aromatic nitrogens is 2. The average Bonchev–Trinajstić information content (AvgIpc) is 2.92. The van der Waals surface area contributed by atoms with Crippen LogP contribution in [0.4, 0.5) is 0 Å². The van der Waals surface area contributed by atoms with Crippen LogP contribution in [-0.4, -0.2) is 9.13 Å². The Morgan fingerprint density at radius 3 is 2.25 bits per heavy atom. The zero-order chi connectivity index (χ0) is 12.1. The van der Waals surface area contributed by atoms with Crippen LogP contribution in [0.15, 0.2) is 15.8 Å². The van der Waals surface area contributed by atoms with Crippen molar-refractivity contribution >= 4 is 0 Å². The normalized spacial score (nSPS) is 16.5. The molecule has 0 radical (unpaired) electrons. The highest BCUT2D eigenvalue weighted by Crippen LogP contribution is 2.33. The minimum atomic E-state index is -0.461. The molecule has 2 rings (SSSR count). The summed E-state index contributed by atoms with van der Waals surface area (Å²) >= 11 is 0. The molecule has 0 bridgehead atoms. The molecule has 16 heavy (non-hydrogen) atoms. The Kier molecular flexibility index (Phi) is 2.33. The van der Waals surface area contributed by atoms with Crippen LogP contribution in [0.25, 0.3) is 0 Å². The van der Waals surface area contributed by atoms with Gasteiger partial charge in [-0.05, 0) is 40.5 Å². The summed E-state index contributed by atoms with van der Waals surface area (Å²) in [4.78, 5) is 24.2. The van der Waals surface area contributed by atoms with Crippen LogP contribution < -0.4 is 11.2 Å². The maximum Gasteiger partial charge on any atom is 0.331 e. The number of aryl methyl sites for hydroxylation is 1. The molecule has 1 aromatic heterocycles. The Balaban J connectivity index is 2.76. The second-order valence-corrected chi connectivity index (χ2v) is 5.54. The first-order chi connectivity index (χ1) is 7.32. The number of hydrogen-bond donors (Lipinski definition) is 0. The predicted molar refractivity (Wildman–Crippen MR) is 63.0 cm³/mol. The Morgan fingerprint density at radius 2 is 1.81 bits per heavy atom. The van der Waals surface area contributed by atoms with E-state index in [4.69, 9.17) is 0 Å². The van der Waals surface area contributed by atoms with E-state index in [0.717, 1.165) is 12.8 Å². The quantitative estimate of drug-likeness (QED) is 0.721. The van der Waals surface area contributed by atoms with Crippen LogP contribution in [0.2, 0.25) is 0 Å². The van der Waals surface area contributed by atoms with Gasteiger partial charge in [-0.3, -0.25) is 13.9 Å². The van der Waals surface area contributed by atoms with Crippen molar-refractivity contribution in [1.29, 1.82) is 0 Å². The maximum absolute atomic E-state index is 12.2. The van der Waals surface area contributed by atoms with Crippen LogP contribution in [0.5, 0.6) is 0 Å². The van der Waals surface area contributed by atoms with Crippen LogP contribution in [0, 0.1) is 6.92 Å². The van der Waals surface area contributed by atoms with E-state index < -0.39 is 5.54 Å². The summed E-state index contributed by atoms with van der Waals surface area (Å²) in [7, 11) is 0. The van der Waals surface area contributed by atoms with Crippen LogP contribution in [0.1, 0.15) is 45.2 Å². The van der Waals surface area contributed by atoms with E-state index in [0.29, 0.717) is 11.6 Å². The molecule has 4 nitrogen and oxygen atoms in total. The van der Waals surface area contributed by atoms with Gasteiger partial charge in [-0.2, -0.15) is 0 Å². The molecule has 0 amide bonds. The van der Waals surface area contributed by atoms with Crippen LogP contribution >= 0.6 is 0 Å². The fourth-order valence-corrected chi connectivity index (χ4v) is 1.90. The number of hydrogen-bond acceptors (Lipinski definition) is 2. The summed E-state index contributed by atoms with van der Waals surface area (Å²) in [6.07, 6.45) is 3.79. The molecule has 0 N–H and O–H groups in total. The fraction of sp³-hybridized carbons (Fsp3) is 0.667. The molecule has 1 fully saturated rings. The van der Waals surface area contributed by atoms with E-state index in [1.165, 1.54) is 4.57 Å². The zero-order valence-electron chi connectivity index (χ0n) is 10.3. The van der Waals surface area contributed by atoms with E-state index >= 15 is 0 Å². The lowest BCUT2D eigenvalue weighted by molar-refractivity contribution is 0.352. The highest BCUT2D eigenvalue weighted by molar-refractivity contribution is 5.06. The van der Waals surface area contributed by atoms with Crippen molar-refractivity contribution in [1.82, 2.24) is 9.13 Å². The molecule has 88 valence electrons. The molecule has 0 saturated heterocycles. The number of nitrogens with zero attached hydrogens (tertiary/aromatic N) is 2. The molecule has 1 aliphatic rings. The lowest BCUT2D eigenvalue weighted by Gasteiger charge is -2.23. The minimum absolute atomic E-state index is 0.172. The molecule has 1 saturated carbocycles. The summed E-state index contributed by atoms with van der Waals surface area (Å²) in [5, 5.41) is 0. The van der Waals surface area contributed by atoms with Gasteiger partial charge in [-0.15, -0.1) is 0 Å². The van der Waals surface area contributed by atoms with E-state index in [2.05, 4.69) is 0 Å². The highest BCUT2D eigenvalue weighted by Gasteiger charge is 2.28. The summed E-state index contributed by atoms with van der Waals surface area (Å²) in [6.45, 7) is 7.41. The summed E-state index contributed by atoms with van der Waals surface area (Å²) in [5.41, 5.74) is -0.168. The van der Waals surface area contributed by atoms with Gasteiger partial charge >= 0.3 is 5.69 Å². The van der Waals surface area contributed by atoms with E-state index in [1.807, 2.05) is 20.8 Å². The molecular formula is C12H18N2O2. The largest absolute Gasteiger partial charge is 0.331 e. The van der Waals surface area contributed by atoms with Crippen molar-refractivity contribution in [2.75, 3.05) is 0 Å². The van der Waals surface area contributed by atoms with Gasteiger partial charge < -0.3 is 0 Å². The van der Waals surface area contributed by atoms with E-state index in [1.54, 1.807) is 17.7 Å². The van der Waals surface area contributed by atoms with Gasteiger partial charge in [0.15, 0.2) is 0 Å². The van der Waals surface area contributed by atoms with Gasteiger partial charge in [0.25, 0.3) is 5.56 Å². The monoisotopic (exact) mass is 222 g/mol. The van der Waals surface area contributed by atoms with Crippen molar-refractivity contribution in [3.63, 3.8) is 0 Å². The summed E-state index contributed by atoms with van der Waals surface area (Å²) in [6, 6.07) is 0.306. The van der Waals surface area contributed by atoms with Crippen LogP contribution in [-0.2, 0) is 5.54 Å². The first kappa shape index (κ1) is 11.2. The van der Waals surface area contributed by atoms with Crippen molar-refractivity contribution in [3.05, 3.63) is 32.6 Å². The first-order valence-electron chi connectivity index (χ1n) is 5.67. The van der Waals surface area contributed by atoms with Gasteiger partial charge in [-0.25, -0.2) is 4.79 Å². The lowest BCUT2D eigenvalue weighted by Crippen LogP contribution is -2.48. The minimum Gasteiger partial charge on any atom is -0.297 e. The topological polar surface area (TPSA) is 44.0 Å². The van der Waals surface area contributed by atoms with Gasteiger partial charge in [0.05, 0.1) is 0 Å². The Morgan fingerprint density at radius 1 is 1.25 bits per heavy atom. The van der Waals surface area contributed by atoms with Crippen molar-refractivity contribution < 1.29 is 0 Å². The van der Waals surface area contributed by atoms with E-state index in [-0.39, 0.29) is 11.2 Å². The molecule has 4 heteroatoms. The first-order valence-corrected chi connectivity index (χ1v) is 5.67. The molecule has 0 unspecified atom stereocenters. The molecular weight excluding hydrogens is 204 g/mol. The summed E-state index contributed by atoms with van der Waals surface area (Å²) in [5.74, 6) is 0. The third kappa shape index (κ3) is 1.72. The Labute approximate surface area is 94.5 Å².